The molecule has 0 radical (unpaired) electrons. The fraction of sp³-hybridized carbons (Fsp3) is 0.500. The molecule has 8 heteroatoms. The number of ether oxygens (including phenoxy) is 1. The van der Waals surface area contributed by atoms with E-state index in [1.807, 2.05) is 31.2 Å². The van der Waals surface area contributed by atoms with Gasteiger partial charge in [-0.3, -0.25) is 9.69 Å². The molecule has 2 aromatic carbocycles. The van der Waals surface area contributed by atoms with E-state index < -0.39 is 10.0 Å². The molecular formula is C26H37N3O4S. The van der Waals surface area contributed by atoms with Gasteiger partial charge in [0.1, 0.15) is 5.75 Å². The van der Waals surface area contributed by atoms with Gasteiger partial charge in [0.25, 0.3) is 0 Å². The van der Waals surface area contributed by atoms with Gasteiger partial charge in [-0.15, -0.1) is 0 Å². The molecule has 2 N–H and O–H groups in total. The zero-order chi connectivity index (χ0) is 24.7. The molecule has 1 aliphatic rings. The molecule has 1 amide bonds. The number of carbonyl (C=O) groups excluding carboxylic acids is 1. The number of nitrogens with zero attached hydrogens (tertiary/aromatic N) is 1. The summed E-state index contributed by atoms with van der Waals surface area (Å²) >= 11 is 0. The molecule has 3 rings (SSSR count). The third-order valence-electron chi connectivity index (χ3n) is 6.32. The highest BCUT2D eigenvalue weighted by Crippen LogP contribution is 2.24. The Hall–Kier alpha value is -2.42. The van der Waals surface area contributed by atoms with Crippen molar-refractivity contribution < 1.29 is 17.9 Å². The second kappa shape index (κ2) is 11.8. The standard InChI is InChI=1S/C26H37N3O4S/c1-19(2)26(22-9-11-23(33-4)12-10-22)28-25(30)18-29-15-5-6-21(17-29)16-27-34(31,32)24-13-7-20(3)8-14-24/h7-14,19,21,26-27H,5-6,15-18H2,1-4H3,(H,28,30). The van der Waals surface area contributed by atoms with Crippen LogP contribution in [0.5, 0.6) is 5.75 Å². The topological polar surface area (TPSA) is 87.7 Å². The second-order valence-electron chi connectivity index (χ2n) is 9.47. The van der Waals surface area contributed by atoms with Gasteiger partial charge >= 0.3 is 0 Å². The summed E-state index contributed by atoms with van der Waals surface area (Å²) in [6, 6.07) is 14.6. The van der Waals surface area contributed by atoms with Gasteiger partial charge in [0.15, 0.2) is 0 Å². The van der Waals surface area contributed by atoms with Crippen LogP contribution in [-0.4, -0.2) is 52.5 Å². The molecule has 0 aliphatic carbocycles. The number of nitrogens with one attached hydrogen (secondary N) is 2. The van der Waals surface area contributed by atoms with E-state index in [1.54, 1.807) is 31.4 Å². The minimum atomic E-state index is -3.53. The number of sulfonamides is 1. The summed E-state index contributed by atoms with van der Waals surface area (Å²) in [5, 5.41) is 3.18. The van der Waals surface area contributed by atoms with Gasteiger partial charge in [0.05, 0.1) is 24.6 Å². The Labute approximate surface area is 203 Å². The van der Waals surface area contributed by atoms with Crippen molar-refractivity contribution in [1.82, 2.24) is 14.9 Å². The normalized spacial score (nSPS) is 18.0. The highest BCUT2D eigenvalue weighted by atomic mass is 32.2. The largest absolute Gasteiger partial charge is 0.497 e. The Morgan fingerprint density at radius 3 is 2.41 bits per heavy atom. The Morgan fingerprint density at radius 1 is 1.12 bits per heavy atom. The molecular weight excluding hydrogens is 450 g/mol. The molecule has 1 fully saturated rings. The van der Waals surface area contributed by atoms with E-state index in [-0.39, 0.29) is 28.7 Å². The van der Waals surface area contributed by atoms with E-state index in [0.717, 1.165) is 36.3 Å². The molecule has 186 valence electrons. The summed E-state index contributed by atoms with van der Waals surface area (Å²) in [4.78, 5) is 15.3. The lowest BCUT2D eigenvalue weighted by Crippen LogP contribution is -2.46. The van der Waals surface area contributed by atoms with Crippen molar-refractivity contribution in [1.29, 1.82) is 0 Å². The number of rotatable bonds is 10. The summed E-state index contributed by atoms with van der Waals surface area (Å²) in [6.45, 7) is 8.31. The van der Waals surface area contributed by atoms with Crippen LogP contribution in [0.4, 0.5) is 0 Å². The van der Waals surface area contributed by atoms with E-state index in [2.05, 4.69) is 28.8 Å². The minimum absolute atomic E-state index is 0.0181. The van der Waals surface area contributed by atoms with Crippen molar-refractivity contribution in [3.8, 4) is 5.75 Å². The lowest BCUT2D eigenvalue weighted by Gasteiger charge is -2.33. The third-order valence-corrected chi connectivity index (χ3v) is 7.76. The van der Waals surface area contributed by atoms with Crippen molar-refractivity contribution in [3.63, 3.8) is 0 Å². The predicted octanol–water partition coefficient (Wildman–Crippen LogP) is 3.51. The first-order valence-corrected chi connectivity index (χ1v) is 13.4. The van der Waals surface area contributed by atoms with Gasteiger partial charge in [-0.25, -0.2) is 13.1 Å². The van der Waals surface area contributed by atoms with Crippen molar-refractivity contribution >= 4 is 15.9 Å². The molecule has 7 nitrogen and oxygen atoms in total. The summed E-state index contributed by atoms with van der Waals surface area (Å²) in [6.07, 6.45) is 1.88. The van der Waals surface area contributed by atoms with Crippen LogP contribution < -0.4 is 14.8 Å². The quantitative estimate of drug-likeness (QED) is 0.536. The molecule has 2 atom stereocenters. The molecule has 2 aromatic rings. The molecule has 0 saturated carbocycles. The Morgan fingerprint density at radius 2 is 1.79 bits per heavy atom. The van der Waals surface area contributed by atoms with Crippen LogP contribution in [0.3, 0.4) is 0 Å². The molecule has 1 heterocycles. The first kappa shape index (κ1) is 26.2. The van der Waals surface area contributed by atoms with Gasteiger partial charge in [-0.1, -0.05) is 43.7 Å². The summed E-state index contributed by atoms with van der Waals surface area (Å²) in [5.74, 6) is 1.18. The number of likely N-dealkylation sites (tertiary alicyclic amines) is 1. The summed E-state index contributed by atoms with van der Waals surface area (Å²) in [5.41, 5.74) is 2.07. The summed E-state index contributed by atoms with van der Waals surface area (Å²) < 4.78 is 33.2. The molecule has 0 spiro atoms. The first-order chi connectivity index (χ1) is 16.2. The lowest BCUT2D eigenvalue weighted by molar-refractivity contribution is -0.123. The van der Waals surface area contributed by atoms with E-state index >= 15 is 0 Å². The van der Waals surface area contributed by atoms with Crippen LogP contribution in [0.2, 0.25) is 0 Å². The number of piperidine rings is 1. The van der Waals surface area contributed by atoms with Crippen LogP contribution in [0.15, 0.2) is 53.4 Å². The number of benzene rings is 2. The maximum Gasteiger partial charge on any atom is 0.240 e. The fourth-order valence-corrected chi connectivity index (χ4v) is 5.47. The van der Waals surface area contributed by atoms with E-state index in [9.17, 15) is 13.2 Å². The highest BCUT2D eigenvalue weighted by Gasteiger charge is 2.25. The maximum absolute atomic E-state index is 12.9. The zero-order valence-corrected chi connectivity index (χ0v) is 21.4. The van der Waals surface area contributed by atoms with Crippen molar-refractivity contribution in [2.75, 3.05) is 33.3 Å². The number of aryl methyl sites for hydroxylation is 1. The maximum atomic E-state index is 12.9. The Balaban J connectivity index is 1.53. The van der Waals surface area contributed by atoms with Gasteiger partial charge < -0.3 is 10.1 Å². The minimum Gasteiger partial charge on any atom is -0.497 e. The first-order valence-electron chi connectivity index (χ1n) is 11.9. The number of hydrogen-bond acceptors (Lipinski definition) is 5. The monoisotopic (exact) mass is 487 g/mol. The van der Waals surface area contributed by atoms with Crippen LogP contribution in [0, 0.1) is 18.8 Å². The van der Waals surface area contributed by atoms with Crippen LogP contribution in [0.1, 0.15) is 43.9 Å². The van der Waals surface area contributed by atoms with E-state index in [0.29, 0.717) is 19.6 Å². The molecule has 0 bridgehead atoms. The average molecular weight is 488 g/mol. The van der Waals surface area contributed by atoms with Crippen molar-refractivity contribution in [3.05, 3.63) is 59.7 Å². The molecule has 0 aromatic heterocycles. The van der Waals surface area contributed by atoms with Crippen LogP contribution in [0.25, 0.3) is 0 Å². The molecule has 1 saturated heterocycles. The lowest BCUT2D eigenvalue weighted by atomic mass is 9.95. The molecule has 2 unspecified atom stereocenters. The second-order valence-corrected chi connectivity index (χ2v) is 11.2. The van der Waals surface area contributed by atoms with Gasteiger partial charge in [0.2, 0.25) is 15.9 Å². The van der Waals surface area contributed by atoms with Crippen LogP contribution in [-0.2, 0) is 14.8 Å². The van der Waals surface area contributed by atoms with E-state index in [1.165, 1.54) is 0 Å². The smallest absolute Gasteiger partial charge is 0.240 e. The van der Waals surface area contributed by atoms with Crippen molar-refractivity contribution in [2.45, 2.75) is 44.6 Å². The predicted molar refractivity (Wildman–Crippen MR) is 134 cm³/mol. The molecule has 1 aliphatic heterocycles. The highest BCUT2D eigenvalue weighted by molar-refractivity contribution is 7.89. The number of methoxy groups -OCH3 is 1. The SMILES string of the molecule is COc1ccc(C(NC(=O)CN2CCCC(CNS(=O)(=O)c3ccc(C)cc3)C2)C(C)C)cc1. The van der Waals surface area contributed by atoms with Gasteiger partial charge in [-0.2, -0.15) is 0 Å². The number of hydrogen-bond donors (Lipinski definition) is 2. The van der Waals surface area contributed by atoms with Gasteiger partial charge in [-0.05, 0) is 68.0 Å². The van der Waals surface area contributed by atoms with Crippen LogP contribution >= 0.6 is 0 Å². The molecule has 34 heavy (non-hydrogen) atoms. The zero-order valence-electron chi connectivity index (χ0n) is 20.6. The van der Waals surface area contributed by atoms with E-state index in [4.69, 9.17) is 4.74 Å². The Bertz CT molecular complexity index is 1040. The average Bonchev–Trinajstić information content (AvgIpc) is 2.82. The number of carbonyl (C=O) groups is 1. The summed E-state index contributed by atoms with van der Waals surface area (Å²) in [7, 11) is -1.90. The Kier molecular flexibility index (Phi) is 9.10. The third kappa shape index (κ3) is 7.29. The fourth-order valence-electron chi connectivity index (χ4n) is 4.36. The van der Waals surface area contributed by atoms with Crippen molar-refractivity contribution in [2.24, 2.45) is 11.8 Å². The number of amides is 1. The van der Waals surface area contributed by atoms with Gasteiger partial charge in [0, 0.05) is 13.1 Å².